The Morgan fingerprint density at radius 2 is 2.19 bits per heavy atom. The van der Waals surface area contributed by atoms with Crippen LogP contribution in [0.1, 0.15) is 18.9 Å². The largest absolute Gasteiger partial charge is 0.317 e. The van der Waals surface area contributed by atoms with Gasteiger partial charge in [-0.25, -0.2) is 4.39 Å². The maximum atomic E-state index is 12.9. The molecule has 88 valence electrons. The number of benzene rings is 1. The Bertz CT molecular complexity index is 350. The topological polar surface area (TPSA) is 12.0 Å². The number of rotatable bonds is 6. The minimum absolute atomic E-state index is 0.236. The van der Waals surface area contributed by atoms with Gasteiger partial charge in [-0.3, -0.25) is 0 Å². The molecule has 1 nitrogen and oxygen atoms in total. The van der Waals surface area contributed by atoms with Crippen LogP contribution in [0.5, 0.6) is 0 Å². The van der Waals surface area contributed by atoms with Crippen molar-refractivity contribution in [3.63, 3.8) is 0 Å². The molecular formula is C13H17ClFN. The molecule has 0 amide bonds. The van der Waals surface area contributed by atoms with Crippen LogP contribution in [0.15, 0.2) is 30.4 Å². The van der Waals surface area contributed by atoms with Crippen LogP contribution in [0.25, 0.3) is 0 Å². The van der Waals surface area contributed by atoms with Crippen LogP contribution in [-0.2, 0) is 6.42 Å². The van der Waals surface area contributed by atoms with Crippen molar-refractivity contribution in [1.29, 1.82) is 0 Å². The first kappa shape index (κ1) is 13.2. The summed E-state index contributed by atoms with van der Waals surface area (Å²) in [7, 11) is 0. The highest BCUT2D eigenvalue weighted by molar-refractivity contribution is 6.31. The van der Waals surface area contributed by atoms with Crippen molar-refractivity contribution < 1.29 is 4.39 Å². The van der Waals surface area contributed by atoms with Gasteiger partial charge in [-0.15, -0.1) is 0 Å². The van der Waals surface area contributed by atoms with E-state index in [4.69, 9.17) is 11.6 Å². The van der Waals surface area contributed by atoms with Gasteiger partial charge in [0.25, 0.3) is 0 Å². The van der Waals surface area contributed by atoms with Gasteiger partial charge in [0.1, 0.15) is 5.82 Å². The molecule has 0 bridgehead atoms. The Morgan fingerprint density at radius 1 is 1.38 bits per heavy atom. The molecule has 1 N–H and O–H groups in total. The highest BCUT2D eigenvalue weighted by Gasteiger charge is 1.99. The minimum Gasteiger partial charge on any atom is -0.317 e. The SMILES string of the molecule is CCNCC/C=C/Cc1cc(F)ccc1Cl. The third-order valence-corrected chi connectivity index (χ3v) is 2.62. The van der Waals surface area contributed by atoms with E-state index < -0.39 is 0 Å². The summed E-state index contributed by atoms with van der Waals surface area (Å²) in [5, 5.41) is 3.85. The van der Waals surface area contributed by atoms with Gasteiger partial charge < -0.3 is 5.32 Å². The lowest BCUT2D eigenvalue weighted by atomic mass is 10.1. The molecule has 0 saturated heterocycles. The van der Waals surface area contributed by atoms with E-state index in [0.717, 1.165) is 25.1 Å². The number of hydrogen-bond acceptors (Lipinski definition) is 1. The summed E-state index contributed by atoms with van der Waals surface area (Å²) in [4.78, 5) is 0. The van der Waals surface area contributed by atoms with Crippen LogP contribution in [0.2, 0.25) is 5.02 Å². The molecule has 1 aromatic carbocycles. The molecule has 0 aromatic heterocycles. The third-order valence-electron chi connectivity index (χ3n) is 2.25. The second-order valence-corrected chi connectivity index (χ2v) is 3.96. The van der Waals surface area contributed by atoms with E-state index >= 15 is 0 Å². The molecule has 0 fully saturated rings. The van der Waals surface area contributed by atoms with Crippen LogP contribution in [0.3, 0.4) is 0 Å². The van der Waals surface area contributed by atoms with Gasteiger partial charge >= 0.3 is 0 Å². The van der Waals surface area contributed by atoms with Gasteiger partial charge in [-0.2, -0.15) is 0 Å². The Kier molecular flexibility index (Phi) is 6.12. The molecule has 0 aliphatic heterocycles. The summed E-state index contributed by atoms with van der Waals surface area (Å²) in [6.07, 6.45) is 5.78. The zero-order chi connectivity index (χ0) is 11.8. The molecule has 0 aliphatic carbocycles. The van der Waals surface area contributed by atoms with E-state index in [-0.39, 0.29) is 5.82 Å². The quantitative estimate of drug-likeness (QED) is 0.593. The lowest BCUT2D eigenvalue weighted by Gasteiger charge is -2.00. The first-order valence-corrected chi connectivity index (χ1v) is 5.91. The van der Waals surface area contributed by atoms with Crippen molar-refractivity contribution in [2.24, 2.45) is 0 Å². The molecule has 3 heteroatoms. The average molecular weight is 242 g/mol. The minimum atomic E-state index is -0.236. The van der Waals surface area contributed by atoms with Crippen LogP contribution in [-0.4, -0.2) is 13.1 Å². The van der Waals surface area contributed by atoms with Crippen molar-refractivity contribution in [2.75, 3.05) is 13.1 Å². The van der Waals surface area contributed by atoms with Crippen molar-refractivity contribution >= 4 is 11.6 Å². The van der Waals surface area contributed by atoms with Crippen molar-refractivity contribution in [1.82, 2.24) is 5.32 Å². The molecule has 16 heavy (non-hydrogen) atoms. The van der Waals surface area contributed by atoms with E-state index in [2.05, 4.69) is 18.3 Å². The Hall–Kier alpha value is -0.860. The lowest BCUT2D eigenvalue weighted by Crippen LogP contribution is -2.12. The Balaban J connectivity index is 2.39. The molecule has 0 spiro atoms. The zero-order valence-corrected chi connectivity index (χ0v) is 10.2. The maximum absolute atomic E-state index is 12.9. The molecule has 0 heterocycles. The number of allylic oxidation sites excluding steroid dienone is 1. The monoisotopic (exact) mass is 241 g/mol. The summed E-state index contributed by atoms with van der Waals surface area (Å²) >= 11 is 5.95. The fourth-order valence-electron chi connectivity index (χ4n) is 1.39. The van der Waals surface area contributed by atoms with Crippen molar-refractivity contribution in [3.8, 4) is 0 Å². The van der Waals surface area contributed by atoms with Gasteiger partial charge in [-0.05, 0) is 49.7 Å². The Morgan fingerprint density at radius 3 is 2.94 bits per heavy atom. The molecule has 1 aromatic rings. The average Bonchev–Trinajstić information content (AvgIpc) is 2.28. The van der Waals surface area contributed by atoms with E-state index in [1.54, 1.807) is 6.07 Å². The van der Waals surface area contributed by atoms with E-state index in [9.17, 15) is 4.39 Å². The van der Waals surface area contributed by atoms with Gasteiger partial charge in [0.2, 0.25) is 0 Å². The van der Waals surface area contributed by atoms with Gasteiger partial charge in [0.05, 0.1) is 0 Å². The molecule has 0 unspecified atom stereocenters. The summed E-state index contributed by atoms with van der Waals surface area (Å²) in [5.41, 5.74) is 0.835. The number of halogens is 2. The fourth-order valence-corrected chi connectivity index (χ4v) is 1.58. The second kappa shape index (κ2) is 7.42. The summed E-state index contributed by atoms with van der Waals surface area (Å²) in [5.74, 6) is -0.236. The van der Waals surface area contributed by atoms with Crippen LogP contribution in [0, 0.1) is 5.82 Å². The predicted molar refractivity (Wildman–Crippen MR) is 67.4 cm³/mol. The zero-order valence-electron chi connectivity index (χ0n) is 9.47. The lowest BCUT2D eigenvalue weighted by molar-refractivity contribution is 0.626. The molecular weight excluding hydrogens is 225 g/mol. The number of hydrogen-bond donors (Lipinski definition) is 1. The maximum Gasteiger partial charge on any atom is 0.123 e. The van der Waals surface area contributed by atoms with Crippen molar-refractivity contribution in [3.05, 3.63) is 46.8 Å². The Labute approximate surface area is 101 Å². The molecule has 0 saturated carbocycles. The van der Waals surface area contributed by atoms with E-state index in [1.807, 2.05) is 6.08 Å². The van der Waals surface area contributed by atoms with Crippen molar-refractivity contribution in [2.45, 2.75) is 19.8 Å². The summed E-state index contributed by atoms with van der Waals surface area (Å²) < 4.78 is 12.9. The van der Waals surface area contributed by atoms with Gasteiger partial charge in [0, 0.05) is 5.02 Å². The standard InChI is InChI=1S/C13H17ClFN/c1-2-16-9-5-3-4-6-11-10-12(15)7-8-13(11)14/h3-4,7-8,10,16H,2,5-6,9H2,1H3/b4-3+. The highest BCUT2D eigenvalue weighted by Crippen LogP contribution is 2.17. The van der Waals surface area contributed by atoms with E-state index in [1.165, 1.54) is 12.1 Å². The van der Waals surface area contributed by atoms with Crippen LogP contribution >= 0.6 is 11.6 Å². The third kappa shape index (κ3) is 4.77. The predicted octanol–water partition coefficient (Wildman–Crippen LogP) is 3.58. The normalized spacial score (nSPS) is 11.2. The molecule has 1 rings (SSSR count). The summed E-state index contributed by atoms with van der Waals surface area (Å²) in [6, 6.07) is 4.45. The van der Waals surface area contributed by atoms with Gasteiger partial charge in [-0.1, -0.05) is 30.7 Å². The van der Waals surface area contributed by atoms with Crippen LogP contribution < -0.4 is 5.32 Å². The van der Waals surface area contributed by atoms with Gasteiger partial charge in [0.15, 0.2) is 0 Å². The fraction of sp³-hybridized carbons (Fsp3) is 0.385. The summed E-state index contributed by atoms with van der Waals surface area (Å²) in [6.45, 7) is 4.05. The first-order valence-electron chi connectivity index (χ1n) is 5.53. The molecule has 0 atom stereocenters. The molecule has 0 radical (unpaired) electrons. The number of nitrogens with one attached hydrogen (secondary N) is 1. The highest BCUT2D eigenvalue weighted by atomic mass is 35.5. The van der Waals surface area contributed by atoms with Crippen LogP contribution in [0.4, 0.5) is 4.39 Å². The van der Waals surface area contributed by atoms with E-state index in [0.29, 0.717) is 11.4 Å². The molecule has 0 aliphatic rings. The smallest absolute Gasteiger partial charge is 0.123 e. The first-order chi connectivity index (χ1) is 7.74. The second-order valence-electron chi connectivity index (χ2n) is 3.55.